The molecule has 0 atom stereocenters. The van der Waals surface area contributed by atoms with E-state index in [1.54, 1.807) is 0 Å². The van der Waals surface area contributed by atoms with Crippen molar-refractivity contribution in [3.05, 3.63) is 13.3 Å². The molecule has 0 aliphatic heterocycles. The second-order valence-corrected chi connectivity index (χ2v) is 0.965. The van der Waals surface area contributed by atoms with E-state index >= 15 is 0 Å². The molecule has 0 saturated heterocycles. The Hall–Kier alpha value is -0.280. The van der Waals surface area contributed by atoms with Crippen LogP contribution in [0.5, 0.6) is 0 Å². The molecule has 0 amide bonds. The molecule has 0 spiro atoms. The lowest BCUT2D eigenvalue weighted by Gasteiger charge is -2.03. The highest BCUT2D eigenvalue weighted by Gasteiger charge is 2.36. The highest BCUT2D eigenvalue weighted by atomic mass is 19.3. The molecule has 0 aliphatic rings. The van der Waals surface area contributed by atoms with Crippen LogP contribution in [0.1, 0.15) is 0 Å². The number of hydrogen-bond acceptors (Lipinski definition) is 0. The zero-order valence-electron chi connectivity index (χ0n) is 3.22. The highest BCUT2D eigenvalue weighted by Crippen LogP contribution is 2.26. The van der Waals surface area contributed by atoms with Crippen LogP contribution in [0.2, 0.25) is 0 Å². The van der Waals surface area contributed by atoms with E-state index in [-0.39, 0.29) is 0 Å². The lowest BCUT2D eigenvalue weighted by atomic mass is 10.4. The molecule has 0 heterocycles. The van der Waals surface area contributed by atoms with E-state index in [9.17, 15) is 17.6 Å². The standard InChI is InChI=1S/C3H2F4/c1-3(6,7)2(4)5/h1H2. The molecule has 0 aromatic rings. The molecular formula is C3H2F4. The van der Waals surface area contributed by atoms with Gasteiger partial charge in [0, 0.05) is 6.92 Å². The average molecular weight is 114 g/mol. The van der Waals surface area contributed by atoms with Gasteiger partial charge < -0.3 is 0 Å². The van der Waals surface area contributed by atoms with E-state index in [0.717, 1.165) is 0 Å². The maximum atomic E-state index is 10.9. The molecule has 0 N–H and O–H groups in total. The van der Waals surface area contributed by atoms with Gasteiger partial charge in [-0.05, 0) is 0 Å². The fourth-order valence-corrected chi connectivity index (χ4v) is 0. The van der Waals surface area contributed by atoms with Crippen molar-refractivity contribution in [2.24, 2.45) is 0 Å². The predicted molar refractivity (Wildman–Crippen MR) is 15.8 cm³/mol. The fourth-order valence-electron chi connectivity index (χ4n) is 0. The molecule has 7 heavy (non-hydrogen) atoms. The smallest absolute Gasteiger partial charge is 0.200 e. The summed E-state index contributed by atoms with van der Waals surface area (Å²) in [6.45, 7) is 1.85. The summed E-state index contributed by atoms with van der Waals surface area (Å²) in [5.41, 5.74) is 0. The van der Waals surface area contributed by atoms with Gasteiger partial charge in [0.05, 0.1) is 0 Å². The molecule has 42 valence electrons. The molecular weight excluding hydrogens is 112 g/mol. The Balaban J connectivity index is 3.54. The lowest BCUT2D eigenvalue weighted by molar-refractivity contribution is -0.0190. The summed E-state index contributed by atoms with van der Waals surface area (Å²) in [5.74, 6) is -4.17. The summed E-state index contributed by atoms with van der Waals surface area (Å²) in [6, 6.07) is 0. The van der Waals surface area contributed by atoms with Crippen LogP contribution in [-0.4, -0.2) is 5.92 Å². The normalized spacial score (nSPS) is 12.9. The first-order valence-electron chi connectivity index (χ1n) is 1.36. The van der Waals surface area contributed by atoms with Gasteiger partial charge in [-0.2, -0.15) is 17.6 Å². The summed E-state index contributed by atoms with van der Waals surface area (Å²) in [5, 5.41) is 0. The van der Waals surface area contributed by atoms with Crippen molar-refractivity contribution in [2.45, 2.75) is 5.92 Å². The van der Waals surface area contributed by atoms with E-state index in [2.05, 4.69) is 0 Å². The van der Waals surface area contributed by atoms with Crippen molar-refractivity contribution in [3.63, 3.8) is 0 Å². The van der Waals surface area contributed by atoms with Gasteiger partial charge in [0.2, 0.25) is 0 Å². The third-order valence-electron chi connectivity index (χ3n) is 0.276. The van der Waals surface area contributed by atoms with Gasteiger partial charge in [-0.1, -0.05) is 0 Å². The molecule has 0 nitrogen and oxygen atoms in total. The third kappa shape index (κ3) is 2.42. The second-order valence-electron chi connectivity index (χ2n) is 0.965. The summed E-state index contributed by atoms with van der Waals surface area (Å²) < 4.78 is 43.2. The summed E-state index contributed by atoms with van der Waals surface area (Å²) in [7, 11) is 0. The number of alkyl halides is 2. The molecule has 0 bridgehead atoms. The van der Waals surface area contributed by atoms with Crippen LogP contribution in [0.3, 0.4) is 0 Å². The highest BCUT2D eigenvalue weighted by molar-refractivity contribution is 4.84. The molecule has 0 rings (SSSR count). The van der Waals surface area contributed by atoms with Crippen molar-refractivity contribution in [1.82, 2.24) is 0 Å². The molecule has 0 aliphatic carbocycles. The fraction of sp³-hybridized carbons (Fsp3) is 0.333. The largest absolute Gasteiger partial charge is 0.378 e. The van der Waals surface area contributed by atoms with Crippen LogP contribution in [0.15, 0.2) is 0 Å². The molecule has 0 aromatic heterocycles. The maximum absolute atomic E-state index is 10.9. The van der Waals surface area contributed by atoms with Crippen LogP contribution in [0, 0.1) is 13.3 Å². The number of hydrogen-bond donors (Lipinski definition) is 0. The van der Waals surface area contributed by atoms with Crippen molar-refractivity contribution in [2.75, 3.05) is 0 Å². The minimum atomic E-state index is -4.17. The van der Waals surface area contributed by atoms with E-state index in [0.29, 0.717) is 0 Å². The minimum absolute atomic E-state index is 1.85. The SMILES string of the molecule is [CH2]C(F)(F)[C](F)F. The van der Waals surface area contributed by atoms with Gasteiger partial charge in [-0.15, -0.1) is 0 Å². The molecule has 2 radical (unpaired) electrons. The first-order chi connectivity index (χ1) is 2.94. The predicted octanol–water partition coefficient (Wildman–Crippen LogP) is 1.88. The zero-order valence-corrected chi connectivity index (χ0v) is 3.22. The Kier molecular flexibility index (Phi) is 1.61. The van der Waals surface area contributed by atoms with Crippen molar-refractivity contribution in [1.29, 1.82) is 0 Å². The summed E-state index contributed by atoms with van der Waals surface area (Å²) in [4.78, 5) is 0. The Morgan fingerprint density at radius 3 is 1.43 bits per heavy atom. The topological polar surface area (TPSA) is 0 Å². The van der Waals surface area contributed by atoms with Crippen LogP contribution in [0.25, 0.3) is 0 Å². The number of rotatable bonds is 1. The Morgan fingerprint density at radius 2 is 1.43 bits per heavy atom. The zero-order chi connectivity index (χ0) is 6.08. The molecule has 4 heteroatoms. The molecule has 0 unspecified atom stereocenters. The van der Waals surface area contributed by atoms with Gasteiger partial charge in [-0.25, -0.2) is 0 Å². The van der Waals surface area contributed by atoms with E-state index in [1.165, 1.54) is 0 Å². The van der Waals surface area contributed by atoms with Gasteiger partial charge in [0.15, 0.2) is 0 Å². The number of halogens is 4. The van der Waals surface area contributed by atoms with Gasteiger partial charge in [0.25, 0.3) is 0 Å². The first kappa shape index (κ1) is 6.72. The molecule has 0 aromatic carbocycles. The van der Waals surface area contributed by atoms with Gasteiger partial charge in [0.1, 0.15) is 0 Å². The summed E-state index contributed by atoms with van der Waals surface area (Å²) in [6.07, 6.45) is -2.95. The van der Waals surface area contributed by atoms with Crippen molar-refractivity contribution >= 4 is 0 Å². The summed E-state index contributed by atoms with van der Waals surface area (Å²) >= 11 is 0. The van der Waals surface area contributed by atoms with Gasteiger partial charge in [-0.3, -0.25) is 0 Å². The minimum Gasteiger partial charge on any atom is -0.200 e. The maximum Gasteiger partial charge on any atom is 0.378 e. The second kappa shape index (κ2) is 1.68. The monoisotopic (exact) mass is 114 g/mol. The quantitative estimate of drug-likeness (QED) is 0.456. The first-order valence-corrected chi connectivity index (χ1v) is 1.36. The Morgan fingerprint density at radius 1 is 1.29 bits per heavy atom. The van der Waals surface area contributed by atoms with E-state index in [4.69, 9.17) is 0 Å². The lowest BCUT2D eigenvalue weighted by Crippen LogP contribution is -2.13. The van der Waals surface area contributed by atoms with E-state index < -0.39 is 12.3 Å². The van der Waals surface area contributed by atoms with E-state index in [1.807, 2.05) is 6.92 Å². The van der Waals surface area contributed by atoms with Crippen molar-refractivity contribution < 1.29 is 17.6 Å². The third-order valence-corrected chi connectivity index (χ3v) is 0.276. The Labute approximate surface area is 38.1 Å². The van der Waals surface area contributed by atoms with Crippen LogP contribution < -0.4 is 0 Å². The average Bonchev–Trinajstić information content (AvgIpc) is 1.31. The van der Waals surface area contributed by atoms with Gasteiger partial charge >= 0.3 is 12.3 Å². The van der Waals surface area contributed by atoms with Crippen molar-refractivity contribution in [3.8, 4) is 0 Å². The Bertz CT molecular complexity index is 52.4. The van der Waals surface area contributed by atoms with Crippen LogP contribution >= 0.6 is 0 Å². The van der Waals surface area contributed by atoms with Crippen LogP contribution in [0.4, 0.5) is 17.6 Å². The molecule has 0 fully saturated rings. The van der Waals surface area contributed by atoms with Crippen LogP contribution in [-0.2, 0) is 0 Å². The molecule has 0 saturated carbocycles.